The monoisotopic (exact) mass is 363 g/mol. The molecule has 8 heteroatoms. The second-order valence-corrected chi connectivity index (χ2v) is 7.12. The maximum Gasteiger partial charge on any atom is 0.417 e. The van der Waals surface area contributed by atoms with Crippen LogP contribution in [0.2, 0.25) is 5.02 Å². The van der Waals surface area contributed by atoms with Crippen LogP contribution in [0, 0.1) is 6.92 Å². The van der Waals surface area contributed by atoms with Crippen molar-refractivity contribution in [2.45, 2.75) is 24.5 Å². The molecule has 0 saturated carbocycles. The minimum absolute atomic E-state index is 0.107. The summed E-state index contributed by atoms with van der Waals surface area (Å²) < 4.78 is 65.7. The van der Waals surface area contributed by atoms with Crippen LogP contribution in [-0.2, 0) is 22.7 Å². The molecular weight excluding hydrogens is 351 g/mol. The van der Waals surface area contributed by atoms with Crippen molar-refractivity contribution in [2.75, 3.05) is 0 Å². The van der Waals surface area contributed by atoms with Gasteiger partial charge < -0.3 is 0 Å². The van der Waals surface area contributed by atoms with Gasteiger partial charge in [-0.25, -0.2) is 13.1 Å². The lowest BCUT2D eigenvalue weighted by molar-refractivity contribution is -0.139. The zero-order chi connectivity index (χ0) is 17.3. The van der Waals surface area contributed by atoms with Gasteiger partial charge in [-0.2, -0.15) is 13.2 Å². The summed E-state index contributed by atoms with van der Waals surface area (Å²) in [4.78, 5) is -0.845. The Morgan fingerprint density at radius 3 is 2.43 bits per heavy atom. The molecule has 0 unspecified atom stereocenters. The van der Waals surface area contributed by atoms with Crippen LogP contribution < -0.4 is 4.72 Å². The molecule has 0 radical (unpaired) electrons. The van der Waals surface area contributed by atoms with Gasteiger partial charge in [-0.3, -0.25) is 0 Å². The first kappa shape index (κ1) is 17.8. The van der Waals surface area contributed by atoms with Gasteiger partial charge in [0.15, 0.2) is 0 Å². The highest BCUT2D eigenvalue weighted by atomic mass is 35.5. The lowest BCUT2D eigenvalue weighted by atomic mass is 10.1. The summed E-state index contributed by atoms with van der Waals surface area (Å²) in [6.45, 7) is 1.73. The maximum atomic E-state index is 13.0. The van der Waals surface area contributed by atoms with Crippen molar-refractivity contribution in [2.24, 2.45) is 0 Å². The van der Waals surface area contributed by atoms with Crippen LogP contribution >= 0.6 is 11.6 Å². The predicted octanol–water partition coefficient (Wildman–Crippen LogP) is 4.15. The third kappa shape index (κ3) is 4.46. The average Bonchev–Trinajstić information content (AvgIpc) is 2.44. The normalized spacial score (nSPS) is 12.4. The number of benzene rings is 2. The van der Waals surface area contributed by atoms with Gasteiger partial charge in [0.25, 0.3) is 0 Å². The number of halogens is 4. The topological polar surface area (TPSA) is 46.2 Å². The lowest BCUT2D eigenvalue weighted by Crippen LogP contribution is -2.26. The molecule has 2 aromatic rings. The molecule has 0 fully saturated rings. The van der Waals surface area contributed by atoms with E-state index in [1.54, 1.807) is 18.2 Å². The van der Waals surface area contributed by atoms with Gasteiger partial charge in [0.2, 0.25) is 10.0 Å². The molecule has 0 heterocycles. The smallest absolute Gasteiger partial charge is 0.207 e. The third-order valence-electron chi connectivity index (χ3n) is 3.09. The molecular formula is C15H13ClF3NO2S. The van der Waals surface area contributed by atoms with Gasteiger partial charge in [0.1, 0.15) is 0 Å². The van der Waals surface area contributed by atoms with Gasteiger partial charge in [-0.05, 0) is 30.7 Å². The van der Waals surface area contributed by atoms with Crippen molar-refractivity contribution in [1.29, 1.82) is 0 Å². The molecule has 23 heavy (non-hydrogen) atoms. The first-order chi connectivity index (χ1) is 10.6. The summed E-state index contributed by atoms with van der Waals surface area (Å²) in [5.41, 5.74) is 0.280. The summed E-state index contributed by atoms with van der Waals surface area (Å²) in [6.07, 6.45) is -4.82. The molecule has 1 N–H and O–H groups in total. The number of sulfonamides is 1. The molecule has 2 aromatic carbocycles. The van der Waals surface area contributed by atoms with E-state index in [-0.39, 0.29) is 11.6 Å². The van der Waals surface area contributed by atoms with Crippen LogP contribution in [0.1, 0.15) is 16.7 Å². The van der Waals surface area contributed by atoms with Gasteiger partial charge in [0.05, 0.1) is 10.5 Å². The van der Waals surface area contributed by atoms with Crippen LogP contribution in [0.15, 0.2) is 47.4 Å². The summed E-state index contributed by atoms with van der Waals surface area (Å²) in [5, 5.41) is -0.185. The molecule has 0 aliphatic heterocycles. The molecule has 0 atom stereocenters. The highest BCUT2D eigenvalue weighted by Gasteiger charge is 2.37. The van der Waals surface area contributed by atoms with Crippen LogP contribution in [0.4, 0.5) is 13.2 Å². The van der Waals surface area contributed by atoms with Crippen molar-refractivity contribution < 1.29 is 21.6 Å². The number of hydrogen-bond acceptors (Lipinski definition) is 2. The highest BCUT2D eigenvalue weighted by molar-refractivity contribution is 7.89. The van der Waals surface area contributed by atoms with Gasteiger partial charge in [0, 0.05) is 11.6 Å². The number of hydrogen-bond donors (Lipinski definition) is 1. The zero-order valence-electron chi connectivity index (χ0n) is 12.0. The standard InChI is InChI=1S/C15H13ClF3NO2S/c1-10-3-2-4-11(7-10)9-20-23(21,22)14-6-5-12(16)8-13(14)15(17,18)19/h2-8,20H,9H2,1H3. The molecule has 124 valence electrons. The van der Waals surface area contributed by atoms with Crippen LogP contribution in [0.3, 0.4) is 0 Å². The van der Waals surface area contributed by atoms with Crippen molar-refractivity contribution in [1.82, 2.24) is 4.72 Å². The number of rotatable bonds is 4. The summed E-state index contributed by atoms with van der Waals surface area (Å²) in [5.74, 6) is 0. The fourth-order valence-corrected chi connectivity index (χ4v) is 3.43. The average molecular weight is 364 g/mol. The first-order valence-corrected chi connectivity index (χ1v) is 8.38. The molecule has 3 nitrogen and oxygen atoms in total. The maximum absolute atomic E-state index is 13.0. The Kier molecular flexibility index (Phi) is 5.03. The summed E-state index contributed by atoms with van der Waals surface area (Å²) in [7, 11) is -4.33. The van der Waals surface area contributed by atoms with Crippen molar-refractivity contribution in [3.8, 4) is 0 Å². The molecule has 0 saturated heterocycles. The Morgan fingerprint density at radius 1 is 1.13 bits per heavy atom. The van der Waals surface area contributed by atoms with E-state index in [0.717, 1.165) is 17.7 Å². The summed E-state index contributed by atoms with van der Waals surface area (Å²) >= 11 is 5.55. The molecule has 0 bridgehead atoms. The van der Waals surface area contributed by atoms with Crippen LogP contribution in [-0.4, -0.2) is 8.42 Å². The van der Waals surface area contributed by atoms with E-state index >= 15 is 0 Å². The van der Waals surface area contributed by atoms with Crippen molar-refractivity contribution in [3.63, 3.8) is 0 Å². The Balaban J connectivity index is 2.33. The van der Waals surface area contributed by atoms with E-state index in [9.17, 15) is 21.6 Å². The van der Waals surface area contributed by atoms with E-state index in [1.807, 2.05) is 13.0 Å². The van der Waals surface area contributed by atoms with E-state index in [0.29, 0.717) is 11.6 Å². The summed E-state index contributed by atoms with van der Waals surface area (Å²) in [6, 6.07) is 9.56. The Hall–Kier alpha value is -1.57. The Labute approximate surface area is 137 Å². The number of nitrogens with one attached hydrogen (secondary N) is 1. The lowest BCUT2D eigenvalue weighted by Gasteiger charge is -2.14. The third-order valence-corrected chi connectivity index (χ3v) is 4.78. The molecule has 0 aliphatic rings. The van der Waals surface area contributed by atoms with Gasteiger partial charge in [-0.15, -0.1) is 0 Å². The molecule has 0 aromatic heterocycles. The van der Waals surface area contributed by atoms with E-state index in [4.69, 9.17) is 11.6 Å². The Morgan fingerprint density at radius 2 is 1.83 bits per heavy atom. The van der Waals surface area contributed by atoms with E-state index < -0.39 is 26.7 Å². The molecule has 0 aliphatic carbocycles. The first-order valence-electron chi connectivity index (χ1n) is 6.51. The second-order valence-electron chi connectivity index (χ2n) is 4.95. The van der Waals surface area contributed by atoms with Gasteiger partial charge >= 0.3 is 6.18 Å². The van der Waals surface area contributed by atoms with Crippen molar-refractivity contribution in [3.05, 3.63) is 64.2 Å². The minimum atomic E-state index is -4.82. The van der Waals surface area contributed by atoms with E-state index in [2.05, 4.69) is 4.72 Å². The fourth-order valence-electron chi connectivity index (χ4n) is 2.04. The Bertz CT molecular complexity index is 820. The fraction of sp³-hybridized carbons (Fsp3) is 0.200. The molecule has 0 amide bonds. The van der Waals surface area contributed by atoms with E-state index in [1.165, 1.54) is 0 Å². The largest absolute Gasteiger partial charge is 0.417 e. The van der Waals surface area contributed by atoms with Gasteiger partial charge in [-0.1, -0.05) is 41.4 Å². The van der Waals surface area contributed by atoms with Crippen LogP contribution in [0.5, 0.6) is 0 Å². The molecule has 0 spiro atoms. The van der Waals surface area contributed by atoms with Crippen molar-refractivity contribution >= 4 is 21.6 Å². The quantitative estimate of drug-likeness (QED) is 0.887. The zero-order valence-corrected chi connectivity index (χ0v) is 13.6. The number of alkyl halides is 3. The number of aryl methyl sites for hydroxylation is 1. The minimum Gasteiger partial charge on any atom is -0.207 e. The SMILES string of the molecule is Cc1cccc(CNS(=O)(=O)c2ccc(Cl)cc2C(F)(F)F)c1. The predicted molar refractivity (Wildman–Crippen MR) is 81.7 cm³/mol. The highest BCUT2D eigenvalue weighted by Crippen LogP contribution is 2.35. The second kappa shape index (κ2) is 6.51. The molecule has 2 rings (SSSR count). The van der Waals surface area contributed by atoms with Crippen LogP contribution in [0.25, 0.3) is 0 Å².